The molecular weight excluding hydrogens is 152 g/mol. The Kier molecular flexibility index (Phi) is 2.80. The van der Waals surface area contributed by atoms with E-state index >= 15 is 0 Å². The molecule has 0 unspecified atom stereocenters. The highest BCUT2D eigenvalue weighted by molar-refractivity contribution is 5.80. The molecule has 3 heteroatoms. The van der Waals surface area contributed by atoms with Crippen LogP contribution >= 0.6 is 0 Å². The number of carbonyl (C=O) groups is 1. The monoisotopic (exact) mass is 164 g/mol. The van der Waals surface area contributed by atoms with Crippen LogP contribution in [0.5, 0.6) is 0 Å². The van der Waals surface area contributed by atoms with Gasteiger partial charge in [-0.2, -0.15) is 0 Å². The van der Waals surface area contributed by atoms with Crippen LogP contribution in [0.2, 0.25) is 0 Å². The molecule has 1 aromatic rings. The van der Waals surface area contributed by atoms with Crippen molar-refractivity contribution in [1.29, 1.82) is 0 Å². The van der Waals surface area contributed by atoms with Crippen LogP contribution in [-0.2, 0) is 4.79 Å². The normalized spacial score (nSPS) is 9.50. The van der Waals surface area contributed by atoms with Gasteiger partial charge in [0.1, 0.15) is 5.78 Å². The highest BCUT2D eigenvalue weighted by atomic mass is 16.1. The fraction of sp³-hybridized carbons (Fsp3) is 0.333. The van der Waals surface area contributed by atoms with Crippen molar-refractivity contribution in [2.24, 2.45) is 0 Å². The standard InChI is InChI=1S/C9H12N2O/c1-8(12)7-11(2)9-4-3-5-10-6-9/h3-6H,7H2,1-2H3. The van der Waals surface area contributed by atoms with Gasteiger partial charge in [-0.25, -0.2) is 0 Å². The van der Waals surface area contributed by atoms with E-state index in [0.29, 0.717) is 6.54 Å². The lowest BCUT2D eigenvalue weighted by Crippen LogP contribution is -2.23. The van der Waals surface area contributed by atoms with Gasteiger partial charge in [-0.05, 0) is 19.1 Å². The number of rotatable bonds is 3. The molecule has 0 atom stereocenters. The average Bonchev–Trinajstić information content (AvgIpc) is 2.05. The highest BCUT2D eigenvalue weighted by Gasteiger charge is 2.01. The van der Waals surface area contributed by atoms with Crippen LogP contribution in [0.15, 0.2) is 24.5 Å². The Bertz CT molecular complexity index is 258. The van der Waals surface area contributed by atoms with Crippen molar-refractivity contribution in [3.8, 4) is 0 Å². The van der Waals surface area contributed by atoms with Gasteiger partial charge in [0.05, 0.1) is 18.4 Å². The van der Waals surface area contributed by atoms with Gasteiger partial charge in [-0.3, -0.25) is 9.78 Å². The number of hydrogen-bond donors (Lipinski definition) is 0. The number of anilines is 1. The van der Waals surface area contributed by atoms with Crippen molar-refractivity contribution in [3.05, 3.63) is 24.5 Å². The molecule has 0 aromatic carbocycles. The number of hydrogen-bond acceptors (Lipinski definition) is 3. The molecule has 0 bridgehead atoms. The Hall–Kier alpha value is -1.38. The van der Waals surface area contributed by atoms with E-state index in [1.165, 1.54) is 0 Å². The molecule has 3 nitrogen and oxygen atoms in total. The quantitative estimate of drug-likeness (QED) is 0.671. The zero-order chi connectivity index (χ0) is 8.97. The number of carbonyl (C=O) groups excluding carboxylic acids is 1. The van der Waals surface area contributed by atoms with Gasteiger partial charge in [0.2, 0.25) is 0 Å². The lowest BCUT2D eigenvalue weighted by molar-refractivity contribution is -0.115. The third-order valence-electron chi connectivity index (χ3n) is 1.55. The second-order valence-electron chi connectivity index (χ2n) is 2.77. The molecular formula is C9H12N2O. The minimum absolute atomic E-state index is 0.154. The van der Waals surface area contributed by atoms with Crippen LogP contribution in [0.1, 0.15) is 6.92 Å². The van der Waals surface area contributed by atoms with Crippen molar-refractivity contribution in [2.45, 2.75) is 6.92 Å². The summed E-state index contributed by atoms with van der Waals surface area (Å²) in [6, 6.07) is 3.78. The SMILES string of the molecule is CC(=O)CN(C)c1cccnc1. The van der Waals surface area contributed by atoms with E-state index in [1.54, 1.807) is 19.3 Å². The number of aromatic nitrogens is 1. The minimum Gasteiger partial charge on any atom is -0.366 e. The predicted molar refractivity (Wildman–Crippen MR) is 48.2 cm³/mol. The van der Waals surface area contributed by atoms with E-state index in [0.717, 1.165) is 5.69 Å². The van der Waals surface area contributed by atoms with Crippen LogP contribution in [0.3, 0.4) is 0 Å². The zero-order valence-electron chi connectivity index (χ0n) is 7.32. The summed E-state index contributed by atoms with van der Waals surface area (Å²) < 4.78 is 0. The maximum absolute atomic E-state index is 10.8. The average molecular weight is 164 g/mol. The van der Waals surface area contributed by atoms with Crippen LogP contribution in [0.4, 0.5) is 5.69 Å². The van der Waals surface area contributed by atoms with Crippen LogP contribution in [0, 0.1) is 0 Å². The summed E-state index contributed by atoms with van der Waals surface area (Å²) in [5, 5.41) is 0. The van der Waals surface area contributed by atoms with E-state index in [1.807, 2.05) is 24.1 Å². The van der Waals surface area contributed by atoms with Crippen molar-refractivity contribution in [1.82, 2.24) is 4.98 Å². The molecule has 0 aliphatic carbocycles. The second-order valence-corrected chi connectivity index (χ2v) is 2.77. The third kappa shape index (κ3) is 2.34. The summed E-state index contributed by atoms with van der Waals surface area (Å²) in [5.41, 5.74) is 0.965. The molecule has 0 aliphatic heterocycles. The second kappa shape index (κ2) is 3.85. The Balaban J connectivity index is 2.65. The number of pyridine rings is 1. The maximum atomic E-state index is 10.8. The first-order chi connectivity index (χ1) is 5.70. The van der Waals surface area contributed by atoms with Crippen LogP contribution < -0.4 is 4.90 Å². The molecule has 64 valence electrons. The van der Waals surface area contributed by atoms with Crippen molar-refractivity contribution in [2.75, 3.05) is 18.5 Å². The van der Waals surface area contributed by atoms with E-state index in [2.05, 4.69) is 4.98 Å². The number of ketones is 1. The lowest BCUT2D eigenvalue weighted by Gasteiger charge is -2.16. The first kappa shape index (κ1) is 8.71. The Morgan fingerprint density at radius 2 is 2.42 bits per heavy atom. The summed E-state index contributed by atoms with van der Waals surface area (Å²) in [6.07, 6.45) is 3.45. The van der Waals surface area contributed by atoms with E-state index in [9.17, 15) is 4.79 Å². The molecule has 12 heavy (non-hydrogen) atoms. The third-order valence-corrected chi connectivity index (χ3v) is 1.55. The Labute approximate surface area is 72.0 Å². The summed E-state index contributed by atoms with van der Waals surface area (Å²) in [5.74, 6) is 0.154. The summed E-state index contributed by atoms with van der Waals surface area (Å²) in [4.78, 5) is 16.6. The van der Waals surface area contributed by atoms with E-state index < -0.39 is 0 Å². The molecule has 1 aromatic heterocycles. The van der Waals surface area contributed by atoms with Crippen molar-refractivity contribution < 1.29 is 4.79 Å². The maximum Gasteiger partial charge on any atom is 0.149 e. The van der Waals surface area contributed by atoms with E-state index in [-0.39, 0.29) is 5.78 Å². The molecule has 1 heterocycles. The van der Waals surface area contributed by atoms with Gasteiger partial charge in [0.15, 0.2) is 0 Å². The van der Waals surface area contributed by atoms with Gasteiger partial charge >= 0.3 is 0 Å². The summed E-state index contributed by atoms with van der Waals surface area (Å²) >= 11 is 0. The highest BCUT2D eigenvalue weighted by Crippen LogP contribution is 2.07. The summed E-state index contributed by atoms with van der Waals surface area (Å²) in [6.45, 7) is 2.01. The van der Waals surface area contributed by atoms with Gasteiger partial charge < -0.3 is 4.90 Å². The molecule has 0 saturated heterocycles. The molecule has 0 radical (unpaired) electrons. The molecule has 0 spiro atoms. The van der Waals surface area contributed by atoms with Gasteiger partial charge in [0, 0.05) is 13.2 Å². The molecule has 0 aliphatic rings. The number of nitrogens with zero attached hydrogens (tertiary/aromatic N) is 2. The largest absolute Gasteiger partial charge is 0.366 e. The fourth-order valence-electron chi connectivity index (χ4n) is 1.00. The van der Waals surface area contributed by atoms with Gasteiger partial charge in [0.25, 0.3) is 0 Å². The summed E-state index contributed by atoms with van der Waals surface area (Å²) in [7, 11) is 1.87. The van der Waals surface area contributed by atoms with Crippen molar-refractivity contribution >= 4 is 11.5 Å². The molecule has 0 saturated carbocycles. The molecule has 0 amide bonds. The van der Waals surface area contributed by atoms with Gasteiger partial charge in [-0.1, -0.05) is 0 Å². The van der Waals surface area contributed by atoms with Crippen LogP contribution in [-0.4, -0.2) is 24.4 Å². The molecule has 1 rings (SSSR count). The Morgan fingerprint density at radius 3 is 2.92 bits per heavy atom. The first-order valence-corrected chi connectivity index (χ1v) is 3.81. The zero-order valence-corrected chi connectivity index (χ0v) is 7.32. The Morgan fingerprint density at radius 1 is 1.67 bits per heavy atom. The number of likely N-dealkylation sites (N-methyl/N-ethyl adjacent to an activating group) is 1. The molecule has 0 N–H and O–H groups in total. The van der Waals surface area contributed by atoms with Crippen molar-refractivity contribution in [3.63, 3.8) is 0 Å². The first-order valence-electron chi connectivity index (χ1n) is 3.81. The lowest BCUT2D eigenvalue weighted by atomic mass is 10.3. The topological polar surface area (TPSA) is 33.2 Å². The minimum atomic E-state index is 0.154. The van der Waals surface area contributed by atoms with Gasteiger partial charge in [-0.15, -0.1) is 0 Å². The van der Waals surface area contributed by atoms with E-state index in [4.69, 9.17) is 0 Å². The number of Topliss-reactive ketones (excluding diaryl/α,β-unsaturated/α-hetero) is 1. The smallest absolute Gasteiger partial charge is 0.149 e. The predicted octanol–water partition coefficient (Wildman–Crippen LogP) is 1.11. The van der Waals surface area contributed by atoms with Crippen LogP contribution in [0.25, 0.3) is 0 Å². The molecule has 0 fully saturated rings. The fourth-order valence-corrected chi connectivity index (χ4v) is 1.00.